The van der Waals surface area contributed by atoms with E-state index in [2.05, 4.69) is 16.1 Å². The van der Waals surface area contributed by atoms with Crippen LogP contribution in [0.5, 0.6) is 0 Å². The van der Waals surface area contributed by atoms with Gasteiger partial charge in [-0.15, -0.1) is 0 Å². The maximum atomic E-state index is 15.5. The summed E-state index contributed by atoms with van der Waals surface area (Å²) in [5.41, 5.74) is 2.11. The van der Waals surface area contributed by atoms with Gasteiger partial charge in [0.25, 0.3) is 0 Å². The molecular formula is C28H34ClF2N4O3-. The lowest BCUT2D eigenvalue weighted by Crippen LogP contribution is -2.53. The summed E-state index contributed by atoms with van der Waals surface area (Å²) in [6.07, 6.45) is 2.48. The number of fused-ring (bicyclic) bond motifs is 2. The molecule has 7 nitrogen and oxygen atoms in total. The Labute approximate surface area is 226 Å². The van der Waals surface area contributed by atoms with Gasteiger partial charge in [0.1, 0.15) is 0 Å². The van der Waals surface area contributed by atoms with Crippen molar-refractivity contribution in [2.24, 2.45) is 5.41 Å². The van der Waals surface area contributed by atoms with Crippen molar-refractivity contribution in [1.82, 2.24) is 15.8 Å². The first-order chi connectivity index (χ1) is 17.9. The van der Waals surface area contributed by atoms with Gasteiger partial charge in [0.05, 0.1) is 23.4 Å². The maximum Gasteiger partial charge on any atom is 0.238 e. The van der Waals surface area contributed by atoms with E-state index in [9.17, 15) is 19.5 Å². The second-order valence-corrected chi connectivity index (χ2v) is 12.5. The highest BCUT2D eigenvalue weighted by Crippen LogP contribution is 2.58. The molecule has 10 heteroatoms. The lowest BCUT2D eigenvalue weighted by molar-refractivity contribution is -0.124. The fraction of sp³-hybridized carbons (Fsp3) is 0.536. The van der Waals surface area contributed by atoms with Crippen molar-refractivity contribution >= 4 is 23.2 Å². The Morgan fingerprint density at radius 2 is 1.92 bits per heavy atom. The van der Waals surface area contributed by atoms with Gasteiger partial charge in [-0.1, -0.05) is 50.6 Å². The van der Waals surface area contributed by atoms with Crippen LogP contribution in [0.25, 0.3) is 0 Å². The highest BCUT2D eigenvalue weighted by Gasteiger charge is 2.63. The van der Waals surface area contributed by atoms with Crippen molar-refractivity contribution in [1.29, 1.82) is 0 Å². The van der Waals surface area contributed by atoms with Crippen LogP contribution in [0.1, 0.15) is 69.9 Å². The Bertz CT molecular complexity index is 1220. The molecule has 2 aromatic carbocycles. The summed E-state index contributed by atoms with van der Waals surface area (Å²) >= 11 is 6.24. The van der Waals surface area contributed by atoms with Gasteiger partial charge >= 0.3 is 0 Å². The van der Waals surface area contributed by atoms with Gasteiger partial charge in [-0.2, -0.15) is 0 Å². The Morgan fingerprint density at radius 1 is 1.21 bits per heavy atom. The molecule has 2 aliphatic heterocycles. The molecule has 2 fully saturated rings. The van der Waals surface area contributed by atoms with Crippen LogP contribution in [0, 0.1) is 22.3 Å². The van der Waals surface area contributed by atoms with E-state index in [0.29, 0.717) is 53.5 Å². The number of nitrogens with one attached hydrogen (secondary N) is 3. The lowest BCUT2D eigenvalue weighted by Gasteiger charge is -2.49. The number of nitrogens with zero attached hydrogens (tertiary/aromatic N) is 1. The number of aliphatic hydroxyl groups is 1. The monoisotopic (exact) mass is 547 g/mol. The van der Waals surface area contributed by atoms with Crippen LogP contribution in [0.3, 0.4) is 0 Å². The number of hydrogen-bond donors (Lipinski definition) is 4. The van der Waals surface area contributed by atoms with Gasteiger partial charge in [0.2, 0.25) is 5.91 Å². The van der Waals surface area contributed by atoms with E-state index >= 15 is 4.39 Å². The van der Waals surface area contributed by atoms with Crippen molar-refractivity contribution in [3.8, 4) is 0 Å². The summed E-state index contributed by atoms with van der Waals surface area (Å²) in [5.74, 6) is -3.57. The zero-order valence-electron chi connectivity index (χ0n) is 21.7. The first-order valence-corrected chi connectivity index (χ1v) is 13.5. The van der Waals surface area contributed by atoms with E-state index in [4.69, 9.17) is 11.6 Å². The normalized spacial score (nSPS) is 31.3. The molecule has 1 amide bonds. The van der Waals surface area contributed by atoms with E-state index in [1.165, 1.54) is 12.1 Å². The molecule has 3 aliphatic rings. The molecule has 4 atom stereocenters. The minimum absolute atomic E-state index is 0.0430. The average molecular weight is 548 g/mol. The summed E-state index contributed by atoms with van der Waals surface area (Å²) in [7, 11) is 0. The second kappa shape index (κ2) is 10.0. The summed E-state index contributed by atoms with van der Waals surface area (Å²) < 4.78 is 30.2. The smallest absolute Gasteiger partial charge is 0.238 e. The maximum absolute atomic E-state index is 15.5. The molecule has 0 aromatic heterocycles. The van der Waals surface area contributed by atoms with E-state index < -0.39 is 35.2 Å². The molecule has 206 valence electrons. The molecule has 2 heterocycles. The number of rotatable bonds is 4. The zero-order chi connectivity index (χ0) is 27.4. The Morgan fingerprint density at radius 3 is 2.61 bits per heavy atom. The summed E-state index contributed by atoms with van der Waals surface area (Å²) in [6.45, 7) is 6.09. The number of carbonyl (C=O) groups excluding carboxylic acids is 1. The molecule has 0 radical (unpaired) electrons. The predicted molar refractivity (Wildman–Crippen MR) is 142 cm³/mol. The third-order valence-corrected chi connectivity index (χ3v) is 8.38. The number of hydrazine groups is 1. The minimum atomic E-state index is -1.47. The largest absolute Gasteiger partial charge is 0.767 e. The molecule has 1 aliphatic carbocycles. The van der Waals surface area contributed by atoms with Gasteiger partial charge in [0.15, 0.2) is 11.6 Å². The van der Waals surface area contributed by atoms with Crippen LogP contribution in [-0.4, -0.2) is 40.4 Å². The van der Waals surface area contributed by atoms with Crippen LogP contribution in [0.4, 0.5) is 14.5 Å². The van der Waals surface area contributed by atoms with E-state index in [0.717, 1.165) is 6.07 Å². The topological polar surface area (TPSA) is 99.7 Å². The fourth-order valence-electron chi connectivity index (χ4n) is 6.55. The highest BCUT2D eigenvalue weighted by molar-refractivity contribution is 6.30. The Hall–Kier alpha value is -2.30. The molecule has 1 saturated heterocycles. The summed E-state index contributed by atoms with van der Waals surface area (Å²) in [6, 6.07) is 7.13. The van der Waals surface area contributed by atoms with Crippen LogP contribution in [0.2, 0.25) is 5.02 Å². The number of amides is 1. The number of halogens is 3. The molecule has 0 bridgehead atoms. The summed E-state index contributed by atoms with van der Waals surface area (Å²) in [5, 5.41) is 31.4. The molecular weight excluding hydrogens is 514 g/mol. The van der Waals surface area contributed by atoms with Crippen molar-refractivity contribution in [3.05, 3.63) is 69.4 Å². The SMILES string of the molecule is CC(C)(C)C[C@H]1N[C@@H](C(=O)NC2CCC(O)CC2)[C@H](c2cccc(F)c2F)[C@]12c1ccc(Cl)cc1NN2[O-]. The van der Waals surface area contributed by atoms with Crippen LogP contribution >= 0.6 is 11.6 Å². The molecule has 0 unspecified atom stereocenters. The van der Waals surface area contributed by atoms with E-state index in [-0.39, 0.29) is 29.0 Å². The van der Waals surface area contributed by atoms with Gasteiger partial charge in [-0.3, -0.25) is 9.97 Å². The molecule has 5 rings (SSSR count). The Kier molecular flexibility index (Phi) is 7.19. The lowest BCUT2D eigenvalue weighted by atomic mass is 9.68. The van der Waals surface area contributed by atoms with Gasteiger partial charge in [-0.25, -0.2) is 8.78 Å². The predicted octanol–water partition coefficient (Wildman–Crippen LogP) is 4.93. The number of anilines is 1. The summed E-state index contributed by atoms with van der Waals surface area (Å²) in [4.78, 5) is 13.9. The van der Waals surface area contributed by atoms with Gasteiger partial charge < -0.3 is 26.4 Å². The third-order valence-electron chi connectivity index (χ3n) is 8.15. The van der Waals surface area contributed by atoms with Crippen molar-refractivity contribution in [2.75, 3.05) is 5.43 Å². The van der Waals surface area contributed by atoms with E-state index in [1.807, 2.05) is 20.8 Å². The van der Waals surface area contributed by atoms with Crippen LogP contribution < -0.4 is 16.1 Å². The molecule has 1 spiro atoms. The number of aliphatic hydroxyl groups excluding tert-OH is 1. The number of benzene rings is 2. The first kappa shape index (κ1) is 27.3. The molecule has 1 saturated carbocycles. The molecule has 38 heavy (non-hydrogen) atoms. The molecule has 4 N–H and O–H groups in total. The third kappa shape index (κ3) is 4.69. The number of hydrogen-bond acceptors (Lipinski definition) is 6. The van der Waals surface area contributed by atoms with Crippen molar-refractivity contribution < 1.29 is 18.7 Å². The van der Waals surface area contributed by atoms with Crippen LogP contribution in [0.15, 0.2) is 36.4 Å². The highest BCUT2D eigenvalue weighted by atomic mass is 35.5. The number of carbonyl (C=O) groups is 1. The van der Waals surface area contributed by atoms with Crippen molar-refractivity contribution in [3.63, 3.8) is 0 Å². The minimum Gasteiger partial charge on any atom is -0.767 e. The van der Waals surface area contributed by atoms with Crippen LogP contribution in [-0.2, 0) is 10.3 Å². The average Bonchev–Trinajstić information content (AvgIpc) is 3.31. The second-order valence-electron chi connectivity index (χ2n) is 12.0. The van der Waals surface area contributed by atoms with Gasteiger partial charge in [0, 0.05) is 23.0 Å². The first-order valence-electron chi connectivity index (χ1n) is 13.1. The van der Waals surface area contributed by atoms with Gasteiger partial charge in [-0.05, 0) is 66.8 Å². The zero-order valence-corrected chi connectivity index (χ0v) is 22.5. The fourth-order valence-corrected chi connectivity index (χ4v) is 6.72. The Balaban J connectivity index is 1.66. The quantitative estimate of drug-likeness (QED) is 0.433. The van der Waals surface area contributed by atoms with E-state index in [1.54, 1.807) is 18.2 Å². The standard InChI is InChI=1S/C28H34ClF2N4O3/c1-27(2,3)14-22-28(19-12-7-15(29)13-21(19)34-35(28)38)23(18-5-4-6-20(30)24(18)31)25(33-22)26(37)32-16-8-10-17(36)11-9-16/h4-7,12-13,16-17,22-23,25,33-34,36H,8-11,14H2,1-3H3,(H,32,37)/q-1/t16?,17?,22-,23+,25-,28+/m1/s1. The number of hydroxylamine groups is 1. The molecule has 2 aromatic rings. The van der Waals surface area contributed by atoms with Crippen molar-refractivity contribution in [2.45, 2.75) is 88.6 Å².